The quantitative estimate of drug-likeness (QED) is 0.689. The molecule has 27 heavy (non-hydrogen) atoms. The van der Waals surface area contributed by atoms with E-state index in [0.29, 0.717) is 38.6 Å². The Labute approximate surface area is 156 Å². The molecule has 3 heterocycles. The van der Waals surface area contributed by atoms with E-state index in [1.165, 1.54) is 0 Å². The molecule has 1 saturated heterocycles. The van der Waals surface area contributed by atoms with Gasteiger partial charge in [-0.15, -0.1) is 5.10 Å². The summed E-state index contributed by atoms with van der Waals surface area (Å²) in [5, 5.41) is 12.0. The molecule has 2 aliphatic heterocycles. The van der Waals surface area contributed by atoms with Crippen LogP contribution in [-0.4, -0.2) is 72.4 Å². The zero-order chi connectivity index (χ0) is 18.6. The Morgan fingerprint density at radius 2 is 2.07 bits per heavy atom. The Morgan fingerprint density at radius 3 is 2.89 bits per heavy atom. The Hall–Kier alpha value is -2.43. The lowest BCUT2D eigenvalue weighted by atomic mass is 10.1. The summed E-state index contributed by atoms with van der Waals surface area (Å²) in [6.07, 6.45) is -0.189. The Bertz CT molecular complexity index is 783. The van der Waals surface area contributed by atoms with Crippen LogP contribution in [0.2, 0.25) is 0 Å². The van der Waals surface area contributed by atoms with E-state index >= 15 is 0 Å². The minimum atomic E-state index is -0.189. The lowest BCUT2D eigenvalue weighted by Gasteiger charge is -2.32. The Morgan fingerprint density at radius 1 is 1.22 bits per heavy atom. The summed E-state index contributed by atoms with van der Waals surface area (Å²) in [4.78, 5) is 2.30. The second-order valence-corrected chi connectivity index (χ2v) is 6.36. The van der Waals surface area contributed by atoms with Gasteiger partial charge in [0.15, 0.2) is 17.3 Å². The number of nitrogens with zero attached hydrogens (tertiary/aromatic N) is 5. The van der Waals surface area contributed by atoms with E-state index in [0.717, 1.165) is 29.4 Å². The first kappa shape index (κ1) is 18.0. The van der Waals surface area contributed by atoms with Gasteiger partial charge in [-0.3, -0.25) is 4.90 Å². The van der Waals surface area contributed by atoms with Crippen molar-refractivity contribution >= 4 is 0 Å². The molecule has 10 nitrogen and oxygen atoms in total. The van der Waals surface area contributed by atoms with Gasteiger partial charge in [-0.1, -0.05) is 0 Å². The van der Waals surface area contributed by atoms with Crippen LogP contribution in [0.1, 0.15) is 17.5 Å². The first-order valence-corrected chi connectivity index (χ1v) is 8.84. The number of methoxy groups -OCH3 is 2. The van der Waals surface area contributed by atoms with E-state index in [1.54, 1.807) is 18.9 Å². The third kappa shape index (κ3) is 3.82. The molecule has 2 aromatic rings. The van der Waals surface area contributed by atoms with E-state index < -0.39 is 0 Å². The SMILES string of the molecule is COCCn1nnnc1[C@@H]1CN(Cc2cc3c(cc2OC)OCO3)CCO1. The van der Waals surface area contributed by atoms with Crippen LogP contribution < -0.4 is 14.2 Å². The van der Waals surface area contributed by atoms with E-state index in [1.807, 2.05) is 12.1 Å². The molecule has 1 aromatic carbocycles. The third-order valence-corrected chi connectivity index (χ3v) is 4.67. The van der Waals surface area contributed by atoms with Crippen LogP contribution in [0.25, 0.3) is 0 Å². The summed E-state index contributed by atoms with van der Waals surface area (Å²) in [7, 11) is 3.31. The Balaban J connectivity index is 1.47. The minimum absolute atomic E-state index is 0.189. The van der Waals surface area contributed by atoms with Crippen molar-refractivity contribution < 1.29 is 23.7 Å². The maximum atomic E-state index is 5.92. The topological polar surface area (TPSA) is 93.0 Å². The lowest BCUT2D eigenvalue weighted by molar-refractivity contribution is -0.0398. The lowest BCUT2D eigenvalue weighted by Crippen LogP contribution is -2.39. The fourth-order valence-electron chi connectivity index (χ4n) is 3.30. The van der Waals surface area contributed by atoms with Gasteiger partial charge in [-0.25, -0.2) is 4.68 Å². The largest absolute Gasteiger partial charge is 0.496 e. The number of fused-ring (bicyclic) bond motifs is 1. The molecule has 0 radical (unpaired) electrons. The number of hydrogen-bond acceptors (Lipinski definition) is 9. The molecular formula is C17H23N5O5. The van der Waals surface area contributed by atoms with Gasteiger partial charge in [-0.05, 0) is 16.5 Å². The predicted octanol–water partition coefficient (Wildman–Crippen LogP) is 0.630. The first-order valence-electron chi connectivity index (χ1n) is 8.84. The van der Waals surface area contributed by atoms with Gasteiger partial charge < -0.3 is 23.7 Å². The zero-order valence-electron chi connectivity index (χ0n) is 15.5. The van der Waals surface area contributed by atoms with Crippen LogP contribution in [0, 0.1) is 0 Å². The van der Waals surface area contributed by atoms with Crippen molar-refractivity contribution in [3.8, 4) is 17.2 Å². The van der Waals surface area contributed by atoms with Crippen LogP contribution >= 0.6 is 0 Å². The summed E-state index contributed by atoms with van der Waals surface area (Å²) in [6.45, 7) is 4.19. The van der Waals surface area contributed by atoms with Crippen molar-refractivity contribution in [2.45, 2.75) is 19.2 Å². The van der Waals surface area contributed by atoms with E-state index in [4.69, 9.17) is 23.7 Å². The van der Waals surface area contributed by atoms with E-state index in [-0.39, 0.29) is 12.9 Å². The molecule has 146 valence electrons. The molecule has 10 heteroatoms. The standard InChI is InChI=1S/C17H23N5O5/c1-23-5-4-22-17(18-19-20-22)16-10-21(3-6-25-16)9-12-7-14-15(27-11-26-14)8-13(12)24-2/h7-8,16H,3-6,9-11H2,1-2H3/t16-/m0/s1. The number of rotatable bonds is 7. The van der Waals surface area contributed by atoms with Crippen molar-refractivity contribution in [3.63, 3.8) is 0 Å². The maximum Gasteiger partial charge on any atom is 0.231 e. The number of aromatic nitrogens is 4. The molecular weight excluding hydrogens is 354 g/mol. The Kier molecular flexibility index (Phi) is 5.37. The fraction of sp³-hybridized carbons (Fsp3) is 0.588. The summed E-state index contributed by atoms with van der Waals surface area (Å²) in [5.41, 5.74) is 1.04. The van der Waals surface area contributed by atoms with Crippen molar-refractivity contribution in [2.75, 3.05) is 47.3 Å². The number of benzene rings is 1. The molecule has 0 saturated carbocycles. The average molecular weight is 377 g/mol. The zero-order valence-corrected chi connectivity index (χ0v) is 15.5. The van der Waals surface area contributed by atoms with Gasteiger partial charge >= 0.3 is 0 Å². The molecule has 1 atom stereocenters. The first-order chi connectivity index (χ1) is 13.3. The van der Waals surface area contributed by atoms with Crippen molar-refractivity contribution in [1.82, 2.24) is 25.1 Å². The molecule has 2 aliphatic rings. The summed E-state index contributed by atoms with van der Waals surface area (Å²) in [6, 6.07) is 3.86. The summed E-state index contributed by atoms with van der Waals surface area (Å²) < 4.78 is 29.2. The normalized spacial score (nSPS) is 19.4. The van der Waals surface area contributed by atoms with Crippen molar-refractivity contribution in [3.05, 3.63) is 23.5 Å². The highest BCUT2D eigenvalue weighted by Gasteiger charge is 2.28. The molecule has 1 fully saturated rings. The third-order valence-electron chi connectivity index (χ3n) is 4.67. The molecule has 0 spiro atoms. The van der Waals surface area contributed by atoms with Crippen LogP contribution in [-0.2, 0) is 22.6 Å². The van der Waals surface area contributed by atoms with Crippen LogP contribution in [0.3, 0.4) is 0 Å². The smallest absolute Gasteiger partial charge is 0.231 e. The van der Waals surface area contributed by atoms with Gasteiger partial charge in [0, 0.05) is 38.4 Å². The van der Waals surface area contributed by atoms with Gasteiger partial charge in [0.25, 0.3) is 0 Å². The summed E-state index contributed by atoms with van der Waals surface area (Å²) >= 11 is 0. The molecule has 0 N–H and O–H groups in total. The average Bonchev–Trinajstić information content (AvgIpc) is 3.34. The second kappa shape index (κ2) is 8.07. The highest BCUT2D eigenvalue weighted by molar-refractivity contribution is 5.51. The van der Waals surface area contributed by atoms with Crippen LogP contribution in [0.5, 0.6) is 17.2 Å². The van der Waals surface area contributed by atoms with Gasteiger partial charge in [0.2, 0.25) is 6.79 Å². The van der Waals surface area contributed by atoms with Gasteiger partial charge in [0.1, 0.15) is 11.9 Å². The highest BCUT2D eigenvalue weighted by atomic mass is 16.7. The number of morpholine rings is 1. The highest BCUT2D eigenvalue weighted by Crippen LogP contribution is 2.38. The minimum Gasteiger partial charge on any atom is -0.496 e. The maximum absolute atomic E-state index is 5.92. The summed E-state index contributed by atoms with van der Waals surface area (Å²) in [5.74, 6) is 2.97. The van der Waals surface area contributed by atoms with Crippen molar-refractivity contribution in [2.24, 2.45) is 0 Å². The van der Waals surface area contributed by atoms with Crippen LogP contribution in [0.4, 0.5) is 0 Å². The van der Waals surface area contributed by atoms with E-state index in [9.17, 15) is 0 Å². The molecule has 0 amide bonds. The number of ether oxygens (including phenoxy) is 5. The second-order valence-electron chi connectivity index (χ2n) is 6.36. The van der Waals surface area contributed by atoms with E-state index in [2.05, 4.69) is 20.4 Å². The molecule has 4 rings (SSSR count). The predicted molar refractivity (Wildman–Crippen MR) is 92.8 cm³/mol. The molecule has 1 aromatic heterocycles. The number of hydrogen-bond donors (Lipinski definition) is 0. The van der Waals surface area contributed by atoms with Gasteiger partial charge in [0.05, 0.1) is 26.9 Å². The molecule has 0 aliphatic carbocycles. The number of tetrazole rings is 1. The monoisotopic (exact) mass is 377 g/mol. The van der Waals surface area contributed by atoms with Gasteiger partial charge in [-0.2, -0.15) is 0 Å². The van der Waals surface area contributed by atoms with Crippen molar-refractivity contribution in [1.29, 1.82) is 0 Å². The molecule has 0 bridgehead atoms. The fourth-order valence-corrected chi connectivity index (χ4v) is 3.30. The van der Waals surface area contributed by atoms with Crippen LogP contribution in [0.15, 0.2) is 12.1 Å². The molecule has 0 unspecified atom stereocenters.